The smallest absolute Gasteiger partial charge is 0.343 e. The first kappa shape index (κ1) is 30.1. The summed E-state index contributed by atoms with van der Waals surface area (Å²) in [7, 11) is 4.68. The topological polar surface area (TPSA) is 74.3 Å². The van der Waals surface area contributed by atoms with Crippen molar-refractivity contribution in [3.63, 3.8) is 0 Å². The maximum Gasteiger partial charge on any atom is 0.343 e. The zero-order valence-electron chi connectivity index (χ0n) is 24.0. The van der Waals surface area contributed by atoms with Gasteiger partial charge in [0.1, 0.15) is 4.32 Å². The van der Waals surface area contributed by atoms with Crippen molar-refractivity contribution in [2.45, 2.75) is 32.6 Å². The van der Waals surface area contributed by atoms with Gasteiger partial charge >= 0.3 is 5.97 Å². The summed E-state index contributed by atoms with van der Waals surface area (Å²) in [5.41, 5.74) is 3.28. The third kappa shape index (κ3) is 7.10. The molecule has 214 valence electrons. The molecular weight excluding hydrogens is 558 g/mol. The Hall–Kier alpha value is -3.82. The van der Waals surface area contributed by atoms with Crippen LogP contribution in [-0.4, -0.2) is 49.0 Å². The second-order valence-electron chi connectivity index (χ2n) is 10.4. The average Bonchev–Trinajstić information content (AvgIpc) is 3.23. The molecule has 0 unspecified atom stereocenters. The largest absolute Gasteiger partial charge is 0.493 e. The number of amides is 1. The van der Waals surface area contributed by atoms with Crippen LogP contribution < -0.4 is 18.9 Å². The summed E-state index contributed by atoms with van der Waals surface area (Å²) in [5, 5.41) is 0. The lowest BCUT2D eigenvalue weighted by molar-refractivity contribution is -0.122. The van der Waals surface area contributed by atoms with E-state index in [0.29, 0.717) is 45.0 Å². The van der Waals surface area contributed by atoms with Crippen molar-refractivity contribution in [2.75, 3.05) is 27.9 Å². The Bertz CT molecular complexity index is 1490. The van der Waals surface area contributed by atoms with Crippen LogP contribution in [0.15, 0.2) is 65.6 Å². The summed E-state index contributed by atoms with van der Waals surface area (Å²) in [6.07, 6.45) is 2.36. The molecule has 0 N–H and O–H groups in total. The predicted molar refractivity (Wildman–Crippen MR) is 166 cm³/mol. The highest BCUT2D eigenvalue weighted by Crippen LogP contribution is 2.36. The van der Waals surface area contributed by atoms with Crippen molar-refractivity contribution < 1.29 is 28.5 Å². The Morgan fingerprint density at radius 1 is 0.878 bits per heavy atom. The van der Waals surface area contributed by atoms with Gasteiger partial charge in [-0.15, -0.1) is 0 Å². The Labute approximate surface area is 250 Å². The van der Waals surface area contributed by atoms with Gasteiger partial charge in [0.05, 0.1) is 31.8 Å². The van der Waals surface area contributed by atoms with Gasteiger partial charge in [0.15, 0.2) is 23.0 Å². The normalized spacial score (nSPS) is 14.4. The van der Waals surface area contributed by atoms with Crippen LogP contribution in [0.5, 0.6) is 23.0 Å². The van der Waals surface area contributed by atoms with E-state index in [-0.39, 0.29) is 17.1 Å². The fourth-order valence-electron chi connectivity index (χ4n) is 4.24. The molecule has 1 aliphatic heterocycles. The number of carbonyl (C=O) groups is 2. The lowest BCUT2D eigenvalue weighted by Gasteiger charge is -2.19. The van der Waals surface area contributed by atoms with Gasteiger partial charge in [0, 0.05) is 6.54 Å². The van der Waals surface area contributed by atoms with Crippen molar-refractivity contribution in [2.24, 2.45) is 0 Å². The summed E-state index contributed by atoms with van der Waals surface area (Å²) in [6, 6.07) is 18.2. The highest BCUT2D eigenvalue weighted by molar-refractivity contribution is 8.26. The molecule has 9 heteroatoms. The molecular formula is C32H33NO6S2. The van der Waals surface area contributed by atoms with E-state index in [9.17, 15) is 9.59 Å². The molecule has 3 aromatic rings. The number of hydrogen-bond acceptors (Lipinski definition) is 8. The molecule has 7 nitrogen and oxygen atoms in total. The first-order valence-electron chi connectivity index (χ1n) is 13.0. The molecule has 1 saturated heterocycles. The number of thiocarbonyl (C=S) groups is 1. The number of methoxy groups -OCH3 is 3. The van der Waals surface area contributed by atoms with E-state index >= 15 is 0 Å². The fraction of sp³-hybridized carbons (Fsp3) is 0.281. The van der Waals surface area contributed by atoms with Crippen molar-refractivity contribution in [3.05, 3.63) is 87.8 Å². The summed E-state index contributed by atoms with van der Waals surface area (Å²) in [5.74, 6) is 1.31. The number of carbonyl (C=O) groups excluding carboxylic acids is 2. The van der Waals surface area contributed by atoms with Gasteiger partial charge in [0.25, 0.3) is 5.91 Å². The number of esters is 1. The molecule has 0 aromatic heterocycles. The van der Waals surface area contributed by atoms with Crippen LogP contribution in [0.4, 0.5) is 0 Å². The van der Waals surface area contributed by atoms with Gasteiger partial charge in [-0.3, -0.25) is 9.69 Å². The van der Waals surface area contributed by atoms with E-state index in [0.717, 1.165) is 16.7 Å². The van der Waals surface area contributed by atoms with E-state index in [1.807, 2.05) is 30.3 Å². The number of hydrogen-bond donors (Lipinski definition) is 0. The van der Waals surface area contributed by atoms with E-state index < -0.39 is 5.97 Å². The van der Waals surface area contributed by atoms with E-state index in [4.69, 9.17) is 31.2 Å². The standard InChI is InChI=1S/C32H33NO6S2/c1-32(2,3)23-11-9-22(10-12-23)30(35)39-25-14-8-21(18-27(25)38-6)19-28-29(34)33(31(40)41-28)16-15-20-7-13-24(36-4)26(17-20)37-5/h7-14,17-19H,15-16H2,1-6H3/b28-19+. The highest BCUT2D eigenvalue weighted by atomic mass is 32.2. The van der Waals surface area contributed by atoms with Crippen molar-refractivity contribution in [1.82, 2.24) is 4.90 Å². The molecule has 1 fully saturated rings. The molecule has 1 amide bonds. The molecule has 1 heterocycles. The minimum absolute atomic E-state index is 0.0135. The Morgan fingerprint density at radius 3 is 2.15 bits per heavy atom. The second kappa shape index (κ2) is 12.8. The lowest BCUT2D eigenvalue weighted by Crippen LogP contribution is -2.30. The first-order chi connectivity index (χ1) is 19.5. The van der Waals surface area contributed by atoms with Gasteiger partial charge in [-0.05, 0) is 71.0 Å². The SMILES string of the molecule is COc1ccc(CCN2C(=O)/C(=C\c3ccc(OC(=O)c4ccc(C(C)(C)C)cc4)c(OC)c3)SC2=S)cc1OC. The Kier molecular flexibility index (Phi) is 9.40. The van der Waals surface area contributed by atoms with Crippen molar-refractivity contribution >= 4 is 46.3 Å². The Balaban J connectivity index is 1.44. The summed E-state index contributed by atoms with van der Waals surface area (Å²) >= 11 is 6.76. The van der Waals surface area contributed by atoms with Gasteiger partial charge in [-0.25, -0.2) is 4.79 Å². The highest BCUT2D eigenvalue weighted by Gasteiger charge is 2.31. The van der Waals surface area contributed by atoms with E-state index in [1.165, 1.54) is 18.9 Å². The number of thioether (sulfide) groups is 1. The third-order valence-corrected chi connectivity index (χ3v) is 8.00. The molecule has 4 rings (SSSR count). The second-order valence-corrected chi connectivity index (χ2v) is 12.1. The zero-order chi connectivity index (χ0) is 29.7. The van der Waals surface area contributed by atoms with Crippen LogP contribution >= 0.6 is 24.0 Å². The Morgan fingerprint density at radius 2 is 1.51 bits per heavy atom. The van der Waals surface area contributed by atoms with Gasteiger partial charge in [0.2, 0.25) is 0 Å². The maximum atomic E-state index is 13.2. The van der Waals surface area contributed by atoms with Crippen LogP contribution in [-0.2, 0) is 16.6 Å². The maximum absolute atomic E-state index is 13.2. The molecule has 0 spiro atoms. The number of ether oxygens (including phenoxy) is 4. The van der Waals surface area contributed by atoms with Crippen LogP contribution in [0.1, 0.15) is 47.8 Å². The molecule has 0 radical (unpaired) electrons. The van der Waals surface area contributed by atoms with Gasteiger partial charge in [-0.2, -0.15) is 0 Å². The van der Waals surface area contributed by atoms with Gasteiger partial charge in [-0.1, -0.05) is 69.0 Å². The first-order valence-corrected chi connectivity index (χ1v) is 14.2. The van der Waals surface area contributed by atoms with Crippen LogP contribution in [0.3, 0.4) is 0 Å². The minimum Gasteiger partial charge on any atom is -0.493 e. The quantitative estimate of drug-likeness (QED) is 0.118. The third-order valence-electron chi connectivity index (χ3n) is 6.62. The summed E-state index contributed by atoms with van der Waals surface area (Å²) < 4.78 is 22.3. The molecule has 0 atom stereocenters. The average molecular weight is 592 g/mol. The molecule has 3 aromatic carbocycles. The number of benzene rings is 3. The fourth-order valence-corrected chi connectivity index (χ4v) is 5.55. The van der Waals surface area contributed by atoms with Crippen molar-refractivity contribution in [3.8, 4) is 23.0 Å². The lowest BCUT2D eigenvalue weighted by atomic mass is 9.87. The summed E-state index contributed by atoms with van der Waals surface area (Å²) in [6.45, 7) is 6.79. The monoisotopic (exact) mass is 591 g/mol. The minimum atomic E-state index is -0.480. The van der Waals surface area contributed by atoms with Gasteiger partial charge < -0.3 is 18.9 Å². The van der Waals surface area contributed by atoms with Crippen LogP contribution in [0.2, 0.25) is 0 Å². The zero-order valence-corrected chi connectivity index (χ0v) is 25.6. The predicted octanol–water partition coefficient (Wildman–Crippen LogP) is 6.67. The molecule has 0 aliphatic carbocycles. The molecule has 0 bridgehead atoms. The van der Waals surface area contributed by atoms with Crippen molar-refractivity contribution in [1.29, 1.82) is 0 Å². The number of nitrogens with zero attached hydrogens (tertiary/aromatic N) is 1. The van der Waals surface area contributed by atoms with Crippen LogP contribution in [0.25, 0.3) is 6.08 Å². The van der Waals surface area contributed by atoms with Crippen LogP contribution in [0, 0.1) is 0 Å². The molecule has 41 heavy (non-hydrogen) atoms. The van der Waals surface area contributed by atoms with E-state index in [1.54, 1.807) is 55.5 Å². The van der Waals surface area contributed by atoms with E-state index in [2.05, 4.69) is 20.8 Å². The molecule has 1 aliphatic rings. The summed E-state index contributed by atoms with van der Waals surface area (Å²) in [4.78, 5) is 28.1. The number of rotatable bonds is 9. The molecule has 0 saturated carbocycles.